The van der Waals surface area contributed by atoms with Crippen molar-refractivity contribution >= 4 is 12.0 Å². The second kappa shape index (κ2) is 5.44. The van der Waals surface area contributed by atoms with Crippen molar-refractivity contribution in [2.75, 3.05) is 13.2 Å². The second-order valence-corrected chi connectivity index (χ2v) is 3.52. The summed E-state index contributed by atoms with van der Waals surface area (Å²) in [7, 11) is 0. The lowest BCUT2D eigenvalue weighted by molar-refractivity contribution is -0.150. The number of hydrogen-bond donors (Lipinski definition) is 3. The van der Waals surface area contributed by atoms with Crippen LogP contribution in [0.5, 0.6) is 0 Å². The first-order chi connectivity index (χ1) is 7.64. The standard InChI is InChI=1S/C12H14O4/c13-8-12(9-14,11(15)16)7-6-10-4-2-1-3-5-10/h1-7,13-14H,8-9H2,(H,15,16). The van der Waals surface area contributed by atoms with Gasteiger partial charge in [0.05, 0.1) is 13.2 Å². The minimum Gasteiger partial charge on any atom is -0.480 e. The molecule has 0 radical (unpaired) electrons. The molecule has 0 aliphatic heterocycles. The van der Waals surface area contributed by atoms with Gasteiger partial charge in [-0.15, -0.1) is 0 Å². The summed E-state index contributed by atoms with van der Waals surface area (Å²) in [5.74, 6) is -1.25. The highest BCUT2D eigenvalue weighted by Crippen LogP contribution is 2.19. The molecular weight excluding hydrogens is 208 g/mol. The molecule has 1 aromatic rings. The maximum Gasteiger partial charge on any atom is 0.318 e. The minimum absolute atomic E-state index is 0.637. The van der Waals surface area contributed by atoms with Crippen molar-refractivity contribution in [3.63, 3.8) is 0 Å². The third kappa shape index (κ3) is 2.68. The topological polar surface area (TPSA) is 77.8 Å². The number of carboxylic acids is 1. The normalized spacial score (nSPS) is 11.9. The van der Waals surface area contributed by atoms with E-state index >= 15 is 0 Å². The van der Waals surface area contributed by atoms with Crippen LogP contribution in [0.15, 0.2) is 36.4 Å². The number of carboxylic acid groups (broad SMARTS) is 1. The van der Waals surface area contributed by atoms with Crippen molar-refractivity contribution in [3.8, 4) is 0 Å². The van der Waals surface area contributed by atoms with Gasteiger partial charge in [0.25, 0.3) is 0 Å². The third-order valence-corrected chi connectivity index (χ3v) is 2.38. The summed E-state index contributed by atoms with van der Waals surface area (Å²) < 4.78 is 0. The molecule has 0 aromatic heterocycles. The molecule has 0 saturated carbocycles. The Bertz CT molecular complexity index is 366. The monoisotopic (exact) mass is 222 g/mol. The summed E-state index contributed by atoms with van der Waals surface area (Å²) in [5.41, 5.74) is -0.800. The van der Waals surface area contributed by atoms with Crippen LogP contribution in [0, 0.1) is 5.41 Å². The van der Waals surface area contributed by atoms with Gasteiger partial charge in [-0.05, 0) is 5.56 Å². The van der Waals surface area contributed by atoms with Gasteiger partial charge in [-0.25, -0.2) is 0 Å². The van der Waals surface area contributed by atoms with Crippen molar-refractivity contribution in [2.45, 2.75) is 0 Å². The van der Waals surface area contributed by atoms with Crippen LogP contribution in [0.3, 0.4) is 0 Å². The van der Waals surface area contributed by atoms with Gasteiger partial charge in [-0.1, -0.05) is 42.5 Å². The quantitative estimate of drug-likeness (QED) is 0.687. The van der Waals surface area contributed by atoms with E-state index in [1.54, 1.807) is 18.2 Å². The van der Waals surface area contributed by atoms with E-state index in [1.807, 2.05) is 18.2 Å². The molecular formula is C12H14O4. The Morgan fingerprint density at radius 1 is 1.19 bits per heavy atom. The van der Waals surface area contributed by atoms with Crippen molar-refractivity contribution in [1.29, 1.82) is 0 Å². The van der Waals surface area contributed by atoms with Crippen LogP contribution in [0.1, 0.15) is 5.56 Å². The van der Waals surface area contributed by atoms with Gasteiger partial charge in [0.15, 0.2) is 0 Å². The first-order valence-corrected chi connectivity index (χ1v) is 4.84. The number of benzene rings is 1. The SMILES string of the molecule is O=C(O)C(C=Cc1ccccc1)(CO)CO. The summed E-state index contributed by atoms with van der Waals surface area (Å²) in [6, 6.07) is 9.09. The van der Waals surface area contributed by atoms with Gasteiger partial charge < -0.3 is 15.3 Å². The van der Waals surface area contributed by atoms with Crippen LogP contribution in [-0.4, -0.2) is 34.5 Å². The molecule has 0 fully saturated rings. The van der Waals surface area contributed by atoms with Gasteiger partial charge in [0.2, 0.25) is 0 Å². The van der Waals surface area contributed by atoms with E-state index in [0.29, 0.717) is 0 Å². The lowest BCUT2D eigenvalue weighted by atomic mass is 9.89. The highest BCUT2D eigenvalue weighted by molar-refractivity contribution is 5.79. The molecule has 0 bridgehead atoms. The fraction of sp³-hybridized carbons (Fsp3) is 0.250. The molecule has 0 amide bonds. The van der Waals surface area contributed by atoms with Crippen LogP contribution in [0.4, 0.5) is 0 Å². The van der Waals surface area contributed by atoms with Crippen molar-refractivity contribution in [1.82, 2.24) is 0 Å². The number of aliphatic hydroxyl groups excluding tert-OH is 2. The van der Waals surface area contributed by atoms with E-state index in [1.165, 1.54) is 6.08 Å². The molecule has 1 rings (SSSR count). The zero-order chi connectivity index (χ0) is 12.0. The molecule has 0 atom stereocenters. The molecule has 0 spiro atoms. The summed E-state index contributed by atoms with van der Waals surface area (Å²) in [6.45, 7) is -1.27. The van der Waals surface area contributed by atoms with Crippen molar-refractivity contribution in [3.05, 3.63) is 42.0 Å². The van der Waals surface area contributed by atoms with Crippen LogP contribution in [0.25, 0.3) is 6.08 Å². The van der Waals surface area contributed by atoms with Crippen molar-refractivity contribution < 1.29 is 20.1 Å². The number of aliphatic hydroxyl groups is 2. The number of rotatable bonds is 5. The largest absolute Gasteiger partial charge is 0.480 e. The smallest absolute Gasteiger partial charge is 0.318 e. The van der Waals surface area contributed by atoms with Crippen LogP contribution in [0.2, 0.25) is 0 Å². The van der Waals surface area contributed by atoms with E-state index in [2.05, 4.69) is 0 Å². The number of hydrogen-bond acceptors (Lipinski definition) is 3. The minimum atomic E-state index is -1.62. The lowest BCUT2D eigenvalue weighted by Crippen LogP contribution is -2.36. The Hall–Kier alpha value is -1.65. The van der Waals surface area contributed by atoms with E-state index < -0.39 is 24.6 Å². The Morgan fingerprint density at radius 3 is 2.19 bits per heavy atom. The zero-order valence-electron chi connectivity index (χ0n) is 8.71. The molecule has 0 unspecified atom stereocenters. The first-order valence-electron chi connectivity index (χ1n) is 4.84. The highest BCUT2D eigenvalue weighted by Gasteiger charge is 2.34. The van der Waals surface area contributed by atoms with Gasteiger partial charge >= 0.3 is 5.97 Å². The van der Waals surface area contributed by atoms with Crippen LogP contribution in [-0.2, 0) is 4.79 Å². The Balaban J connectivity index is 2.92. The predicted molar refractivity (Wildman–Crippen MR) is 59.7 cm³/mol. The molecule has 0 aliphatic carbocycles. The lowest BCUT2D eigenvalue weighted by Gasteiger charge is -2.20. The summed E-state index contributed by atoms with van der Waals surface area (Å²) >= 11 is 0. The first kappa shape index (κ1) is 12.4. The van der Waals surface area contributed by atoms with Crippen LogP contribution < -0.4 is 0 Å². The predicted octanol–water partition coefficient (Wildman–Crippen LogP) is 0.755. The maximum atomic E-state index is 10.9. The molecule has 0 heterocycles. The molecule has 4 nitrogen and oxygen atoms in total. The van der Waals surface area contributed by atoms with Gasteiger partial charge in [-0.3, -0.25) is 4.79 Å². The number of carbonyl (C=O) groups is 1. The zero-order valence-corrected chi connectivity index (χ0v) is 8.71. The average molecular weight is 222 g/mol. The molecule has 86 valence electrons. The fourth-order valence-corrected chi connectivity index (χ4v) is 1.18. The Labute approximate surface area is 93.5 Å². The van der Waals surface area contributed by atoms with E-state index in [-0.39, 0.29) is 0 Å². The molecule has 3 N–H and O–H groups in total. The number of aliphatic carboxylic acids is 1. The highest BCUT2D eigenvalue weighted by atomic mass is 16.4. The molecule has 1 aromatic carbocycles. The fourth-order valence-electron chi connectivity index (χ4n) is 1.18. The van der Waals surface area contributed by atoms with E-state index in [0.717, 1.165) is 5.56 Å². The molecule has 16 heavy (non-hydrogen) atoms. The van der Waals surface area contributed by atoms with Gasteiger partial charge in [0.1, 0.15) is 5.41 Å². The van der Waals surface area contributed by atoms with Gasteiger partial charge in [-0.2, -0.15) is 0 Å². The summed E-state index contributed by atoms with van der Waals surface area (Å²) in [6.07, 6.45) is 2.88. The summed E-state index contributed by atoms with van der Waals surface area (Å²) in [5, 5.41) is 27.0. The molecule has 4 heteroatoms. The van der Waals surface area contributed by atoms with E-state index in [9.17, 15) is 4.79 Å². The van der Waals surface area contributed by atoms with Gasteiger partial charge in [0, 0.05) is 0 Å². The maximum absolute atomic E-state index is 10.9. The molecule has 0 aliphatic rings. The molecule has 0 saturated heterocycles. The Morgan fingerprint density at radius 2 is 1.75 bits per heavy atom. The second-order valence-electron chi connectivity index (χ2n) is 3.52. The summed E-state index contributed by atoms with van der Waals surface area (Å²) in [4.78, 5) is 10.9. The average Bonchev–Trinajstić information content (AvgIpc) is 2.32. The van der Waals surface area contributed by atoms with E-state index in [4.69, 9.17) is 15.3 Å². The third-order valence-electron chi connectivity index (χ3n) is 2.38. The van der Waals surface area contributed by atoms with Crippen LogP contribution >= 0.6 is 0 Å². The van der Waals surface area contributed by atoms with Crippen molar-refractivity contribution in [2.24, 2.45) is 5.41 Å². The Kier molecular flexibility index (Phi) is 4.22.